The molecular weight excluding hydrogens is 386 g/mol. The summed E-state index contributed by atoms with van der Waals surface area (Å²) in [6.07, 6.45) is 0.886. The predicted molar refractivity (Wildman–Crippen MR) is 111 cm³/mol. The lowest BCUT2D eigenvalue weighted by Gasteiger charge is -2.28. The summed E-state index contributed by atoms with van der Waals surface area (Å²) >= 11 is 0. The molecular formula is C21H31N5O4. The third-order valence-electron chi connectivity index (χ3n) is 6.00. The van der Waals surface area contributed by atoms with E-state index in [0.717, 1.165) is 63.7 Å². The molecule has 3 aliphatic rings. The molecule has 3 aliphatic heterocycles. The first-order chi connectivity index (χ1) is 14.6. The smallest absolute Gasteiger partial charge is 0.273 e. The van der Waals surface area contributed by atoms with Gasteiger partial charge in [-0.1, -0.05) is 6.07 Å². The highest BCUT2D eigenvalue weighted by atomic mass is 16.5. The Morgan fingerprint density at radius 3 is 2.57 bits per heavy atom. The number of nitrogens with zero attached hydrogens (tertiary/aromatic N) is 4. The molecule has 2 saturated heterocycles. The van der Waals surface area contributed by atoms with Crippen molar-refractivity contribution in [2.75, 3.05) is 70.6 Å². The fourth-order valence-electron chi connectivity index (χ4n) is 4.09. The van der Waals surface area contributed by atoms with Crippen LogP contribution in [0.2, 0.25) is 0 Å². The number of anilines is 1. The zero-order valence-electron chi connectivity index (χ0n) is 17.6. The lowest BCUT2D eigenvalue weighted by atomic mass is 10.2. The van der Waals surface area contributed by atoms with E-state index in [1.807, 2.05) is 12.1 Å². The normalized spacial score (nSPS) is 20.9. The van der Waals surface area contributed by atoms with Crippen molar-refractivity contribution < 1.29 is 19.1 Å². The topological polar surface area (TPSA) is 87.2 Å². The molecule has 1 N–H and O–H groups in total. The van der Waals surface area contributed by atoms with E-state index in [4.69, 9.17) is 9.47 Å². The molecule has 1 atom stereocenters. The van der Waals surface area contributed by atoms with Gasteiger partial charge < -0.3 is 24.6 Å². The molecule has 4 heterocycles. The molecule has 9 nitrogen and oxygen atoms in total. The third kappa shape index (κ3) is 4.74. The van der Waals surface area contributed by atoms with E-state index < -0.39 is 6.04 Å². The van der Waals surface area contributed by atoms with Crippen molar-refractivity contribution in [3.63, 3.8) is 0 Å². The molecule has 0 unspecified atom stereocenters. The lowest BCUT2D eigenvalue weighted by Crippen LogP contribution is -2.46. The van der Waals surface area contributed by atoms with Gasteiger partial charge in [0.2, 0.25) is 5.91 Å². The number of nitrogens with one attached hydrogen (secondary N) is 1. The van der Waals surface area contributed by atoms with Crippen LogP contribution >= 0.6 is 0 Å². The van der Waals surface area contributed by atoms with Crippen LogP contribution < -0.4 is 10.2 Å². The standard InChI is InChI=1S/C21H31N5O4/c1-16(20(27)22-5-2-6-24-7-11-29-12-8-24)26-15-17-3-4-18(23-19(17)21(26)28)25-9-13-30-14-10-25/h3-4,16H,2,5-15H2,1H3,(H,22,27)/t16-/m1/s1. The van der Waals surface area contributed by atoms with Gasteiger partial charge in [-0.15, -0.1) is 0 Å². The molecule has 9 heteroatoms. The molecule has 0 aromatic carbocycles. The summed E-state index contributed by atoms with van der Waals surface area (Å²) in [6.45, 7) is 10.1. The number of rotatable bonds is 7. The van der Waals surface area contributed by atoms with E-state index in [0.29, 0.717) is 32.0 Å². The molecule has 1 aromatic rings. The molecule has 0 aliphatic carbocycles. The molecule has 0 bridgehead atoms. The highest BCUT2D eigenvalue weighted by Gasteiger charge is 2.35. The molecule has 2 fully saturated rings. The summed E-state index contributed by atoms with van der Waals surface area (Å²) in [4.78, 5) is 36.2. The first-order valence-corrected chi connectivity index (χ1v) is 10.8. The predicted octanol–water partition coefficient (Wildman–Crippen LogP) is 0.101. The molecule has 1 aromatic heterocycles. The van der Waals surface area contributed by atoms with Crippen LogP contribution in [0.1, 0.15) is 29.4 Å². The Morgan fingerprint density at radius 2 is 1.83 bits per heavy atom. The maximum absolute atomic E-state index is 12.9. The Balaban J connectivity index is 1.28. The van der Waals surface area contributed by atoms with Gasteiger partial charge in [-0.25, -0.2) is 4.98 Å². The number of hydrogen-bond acceptors (Lipinski definition) is 7. The number of carbonyl (C=O) groups excluding carboxylic acids is 2. The van der Waals surface area contributed by atoms with Gasteiger partial charge in [-0.3, -0.25) is 14.5 Å². The summed E-state index contributed by atoms with van der Waals surface area (Å²) in [5, 5.41) is 2.98. The van der Waals surface area contributed by atoms with Gasteiger partial charge in [0.05, 0.1) is 26.4 Å². The van der Waals surface area contributed by atoms with Gasteiger partial charge in [-0.2, -0.15) is 0 Å². The lowest BCUT2D eigenvalue weighted by molar-refractivity contribution is -0.125. The fourth-order valence-corrected chi connectivity index (χ4v) is 4.09. The van der Waals surface area contributed by atoms with Crippen LogP contribution in [0, 0.1) is 0 Å². The Labute approximate surface area is 177 Å². The zero-order valence-corrected chi connectivity index (χ0v) is 17.6. The van der Waals surface area contributed by atoms with Gasteiger partial charge >= 0.3 is 0 Å². The molecule has 164 valence electrons. The number of aromatic nitrogens is 1. The van der Waals surface area contributed by atoms with E-state index in [2.05, 4.69) is 20.1 Å². The molecule has 0 spiro atoms. The SMILES string of the molecule is C[C@H](C(=O)NCCCN1CCOCC1)N1Cc2ccc(N3CCOCC3)nc2C1=O. The number of amides is 2. The summed E-state index contributed by atoms with van der Waals surface area (Å²) in [5.41, 5.74) is 1.34. The first kappa shape index (κ1) is 21.0. The molecule has 2 amide bonds. The average molecular weight is 418 g/mol. The number of hydrogen-bond donors (Lipinski definition) is 1. The fraction of sp³-hybridized carbons (Fsp3) is 0.667. The van der Waals surface area contributed by atoms with E-state index in [1.54, 1.807) is 11.8 Å². The number of carbonyl (C=O) groups is 2. The van der Waals surface area contributed by atoms with Crippen LogP contribution in [0.4, 0.5) is 5.82 Å². The van der Waals surface area contributed by atoms with Crippen molar-refractivity contribution in [3.8, 4) is 0 Å². The van der Waals surface area contributed by atoms with Gasteiger partial charge in [0, 0.05) is 44.8 Å². The molecule has 30 heavy (non-hydrogen) atoms. The van der Waals surface area contributed by atoms with E-state index in [-0.39, 0.29) is 11.8 Å². The monoisotopic (exact) mass is 417 g/mol. The molecule has 0 radical (unpaired) electrons. The second-order valence-electron chi connectivity index (χ2n) is 7.98. The average Bonchev–Trinajstić information content (AvgIpc) is 3.13. The summed E-state index contributed by atoms with van der Waals surface area (Å²) in [6, 6.07) is 3.39. The van der Waals surface area contributed by atoms with E-state index in [1.165, 1.54) is 0 Å². The highest BCUT2D eigenvalue weighted by molar-refractivity contribution is 5.99. The second kappa shape index (κ2) is 9.72. The third-order valence-corrected chi connectivity index (χ3v) is 6.00. The van der Waals surface area contributed by atoms with E-state index >= 15 is 0 Å². The Morgan fingerprint density at radius 1 is 1.13 bits per heavy atom. The highest BCUT2D eigenvalue weighted by Crippen LogP contribution is 2.26. The van der Waals surface area contributed by atoms with E-state index in [9.17, 15) is 9.59 Å². The Bertz CT molecular complexity index is 762. The van der Waals surface area contributed by atoms with Crippen LogP contribution in [0.25, 0.3) is 0 Å². The number of fused-ring (bicyclic) bond motifs is 1. The van der Waals surface area contributed by atoms with Gasteiger partial charge in [-0.05, 0) is 26.0 Å². The van der Waals surface area contributed by atoms with Crippen LogP contribution in [-0.2, 0) is 20.8 Å². The summed E-state index contributed by atoms with van der Waals surface area (Å²) < 4.78 is 10.7. The number of ether oxygens (including phenoxy) is 2. The van der Waals surface area contributed by atoms with Crippen molar-refractivity contribution in [1.82, 2.24) is 20.1 Å². The first-order valence-electron chi connectivity index (χ1n) is 10.8. The Hall–Kier alpha value is -2.23. The zero-order chi connectivity index (χ0) is 20.9. The number of pyridine rings is 1. The van der Waals surface area contributed by atoms with Crippen molar-refractivity contribution in [3.05, 3.63) is 23.4 Å². The Kier molecular flexibility index (Phi) is 6.81. The minimum atomic E-state index is -0.526. The van der Waals surface area contributed by atoms with Gasteiger partial charge in [0.25, 0.3) is 5.91 Å². The minimum Gasteiger partial charge on any atom is -0.379 e. The van der Waals surface area contributed by atoms with Crippen LogP contribution in [0.3, 0.4) is 0 Å². The van der Waals surface area contributed by atoms with Crippen molar-refractivity contribution in [2.24, 2.45) is 0 Å². The number of morpholine rings is 2. The molecule has 4 rings (SSSR count). The second-order valence-corrected chi connectivity index (χ2v) is 7.98. The largest absolute Gasteiger partial charge is 0.379 e. The minimum absolute atomic E-state index is 0.119. The quantitative estimate of drug-likeness (QED) is 0.630. The van der Waals surface area contributed by atoms with Crippen LogP contribution in [0.5, 0.6) is 0 Å². The molecule has 0 saturated carbocycles. The van der Waals surface area contributed by atoms with Crippen molar-refractivity contribution >= 4 is 17.6 Å². The van der Waals surface area contributed by atoms with Crippen LogP contribution in [0.15, 0.2) is 12.1 Å². The van der Waals surface area contributed by atoms with Crippen molar-refractivity contribution in [1.29, 1.82) is 0 Å². The maximum Gasteiger partial charge on any atom is 0.273 e. The van der Waals surface area contributed by atoms with Gasteiger partial charge in [0.15, 0.2) is 0 Å². The summed E-state index contributed by atoms with van der Waals surface area (Å²) in [7, 11) is 0. The van der Waals surface area contributed by atoms with Gasteiger partial charge in [0.1, 0.15) is 17.6 Å². The van der Waals surface area contributed by atoms with Crippen LogP contribution in [-0.4, -0.2) is 98.3 Å². The van der Waals surface area contributed by atoms with Crippen molar-refractivity contribution in [2.45, 2.75) is 25.9 Å². The summed E-state index contributed by atoms with van der Waals surface area (Å²) in [5.74, 6) is 0.509. The maximum atomic E-state index is 12.9.